The van der Waals surface area contributed by atoms with Gasteiger partial charge in [0, 0.05) is 5.56 Å². The zero-order valence-electron chi connectivity index (χ0n) is 12.4. The number of nitrogens with zero attached hydrogens (tertiary/aromatic N) is 3. The molecule has 22 heavy (non-hydrogen) atoms. The fourth-order valence-corrected chi connectivity index (χ4v) is 2.53. The molecule has 112 valence electrons. The number of aliphatic hydroxyl groups excluding tert-OH is 1. The van der Waals surface area contributed by atoms with Crippen LogP contribution in [-0.2, 0) is 6.61 Å². The number of aryl methyl sites for hydroxylation is 2. The maximum atomic E-state index is 13.2. The predicted molar refractivity (Wildman–Crippen MR) is 82.1 cm³/mol. The number of halogens is 1. The highest BCUT2D eigenvalue weighted by atomic mass is 19.1. The maximum Gasteiger partial charge on any atom is 0.123 e. The molecule has 3 aromatic rings. The fraction of sp³-hybridized carbons (Fsp3) is 0.176. The highest BCUT2D eigenvalue weighted by molar-refractivity contribution is 5.65. The van der Waals surface area contributed by atoms with Crippen LogP contribution in [0.15, 0.2) is 42.5 Å². The first-order valence-corrected chi connectivity index (χ1v) is 6.99. The SMILES string of the molecule is Cc1ccc(-n2nnc(CO)c2-c2ccc(F)cc2)c(C)c1. The molecule has 1 N–H and O–H groups in total. The lowest BCUT2D eigenvalue weighted by Gasteiger charge is -2.11. The third-order valence-electron chi connectivity index (χ3n) is 3.59. The highest BCUT2D eigenvalue weighted by Gasteiger charge is 2.17. The number of aromatic nitrogens is 3. The Labute approximate surface area is 127 Å². The quantitative estimate of drug-likeness (QED) is 0.808. The van der Waals surface area contributed by atoms with E-state index >= 15 is 0 Å². The van der Waals surface area contributed by atoms with Gasteiger partial charge < -0.3 is 5.11 Å². The van der Waals surface area contributed by atoms with Crippen molar-refractivity contribution in [2.24, 2.45) is 0 Å². The summed E-state index contributed by atoms with van der Waals surface area (Å²) < 4.78 is 14.8. The first-order chi connectivity index (χ1) is 10.6. The lowest BCUT2D eigenvalue weighted by Crippen LogP contribution is -2.02. The molecule has 0 fully saturated rings. The van der Waals surface area contributed by atoms with E-state index in [0.29, 0.717) is 11.4 Å². The van der Waals surface area contributed by atoms with Gasteiger partial charge in [0.25, 0.3) is 0 Å². The summed E-state index contributed by atoms with van der Waals surface area (Å²) in [5.74, 6) is -0.306. The first-order valence-electron chi connectivity index (χ1n) is 6.99. The number of rotatable bonds is 3. The molecule has 0 atom stereocenters. The Morgan fingerprint density at radius 1 is 1.09 bits per heavy atom. The average Bonchev–Trinajstić information content (AvgIpc) is 2.92. The summed E-state index contributed by atoms with van der Waals surface area (Å²) in [5, 5.41) is 17.7. The van der Waals surface area contributed by atoms with Crippen molar-refractivity contribution in [2.45, 2.75) is 20.5 Å². The molecular formula is C17H16FN3O. The number of benzene rings is 2. The second-order valence-corrected chi connectivity index (χ2v) is 5.25. The number of aliphatic hydroxyl groups is 1. The van der Waals surface area contributed by atoms with Crippen LogP contribution in [-0.4, -0.2) is 20.1 Å². The molecule has 0 bridgehead atoms. The van der Waals surface area contributed by atoms with E-state index in [1.807, 2.05) is 26.0 Å². The monoisotopic (exact) mass is 297 g/mol. The van der Waals surface area contributed by atoms with Gasteiger partial charge in [0.15, 0.2) is 0 Å². The van der Waals surface area contributed by atoms with Gasteiger partial charge in [0.1, 0.15) is 17.2 Å². The Morgan fingerprint density at radius 3 is 2.45 bits per heavy atom. The highest BCUT2D eigenvalue weighted by Crippen LogP contribution is 2.27. The normalized spacial score (nSPS) is 10.9. The Kier molecular flexibility index (Phi) is 3.73. The van der Waals surface area contributed by atoms with Crippen molar-refractivity contribution in [3.8, 4) is 16.9 Å². The molecular weight excluding hydrogens is 281 g/mol. The largest absolute Gasteiger partial charge is 0.390 e. The van der Waals surface area contributed by atoms with Gasteiger partial charge in [-0.05, 0) is 49.7 Å². The minimum Gasteiger partial charge on any atom is -0.390 e. The van der Waals surface area contributed by atoms with Crippen molar-refractivity contribution in [3.05, 3.63) is 65.1 Å². The summed E-state index contributed by atoms with van der Waals surface area (Å²) in [6.07, 6.45) is 0. The molecule has 2 aromatic carbocycles. The van der Waals surface area contributed by atoms with E-state index in [0.717, 1.165) is 22.4 Å². The lowest BCUT2D eigenvalue weighted by atomic mass is 10.1. The van der Waals surface area contributed by atoms with Crippen LogP contribution < -0.4 is 0 Å². The summed E-state index contributed by atoms with van der Waals surface area (Å²) in [4.78, 5) is 0. The van der Waals surface area contributed by atoms with E-state index in [9.17, 15) is 9.50 Å². The minimum atomic E-state index is -0.306. The van der Waals surface area contributed by atoms with Crippen LogP contribution in [0, 0.1) is 19.7 Å². The van der Waals surface area contributed by atoms with Crippen molar-refractivity contribution >= 4 is 0 Å². The van der Waals surface area contributed by atoms with E-state index in [1.54, 1.807) is 16.8 Å². The summed E-state index contributed by atoms with van der Waals surface area (Å²) in [6.45, 7) is 3.80. The molecule has 0 saturated carbocycles. The van der Waals surface area contributed by atoms with Crippen molar-refractivity contribution in [3.63, 3.8) is 0 Å². The van der Waals surface area contributed by atoms with E-state index in [2.05, 4.69) is 16.4 Å². The van der Waals surface area contributed by atoms with Crippen LogP contribution in [0.1, 0.15) is 16.8 Å². The van der Waals surface area contributed by atoms with E-state index in [1.165, 1.54) is 12.1 Å². The lowest BCUT2D eigenvalue weighted by molar-refractivity contribution is 0.277. The van der Waals surface area contributed by atoms with Crippen LogP contribution in [0.4, 0.5) is 4.39 Å². The van der Waals surface area contributed by atoms with Crippen LogP contribution >= 0.6 is 0 Å². The number of hydrogen-bond donors (Lipinski definition) is 1. The standard InChI is InChI=1S/C17H16FN3O/c1-11-3-8-16(12(2)9-11)21-17(15(10-22)19-20-21)13-4-6-14(18)7-5-13/h3-9,22H,10H2,1-2H3. The van der Waals surface area contributed by atoms with Crippen molar-refractivity contribution in [1.82, 2.24) is 15.0 Å². The van der Waals surface area contributed by atoms with Crippen molar-refractivity contribution in [1.29, 1.82) is 0 Å². The van der Waals surface area contributed by atoms with Crippen LogP contribution in [0.25, 0.3) is 16.9 Å². The second kappa shape index (κ2) is 5.69. The molecule has 3 rings (SSSR count). The van der Waals surface area contributed by atoms with Crippen molar-refractivity contribution < 1.29 is 9.50 Å². The van der Waals surface area contributed by atoms with Crippen LogP contribution in [0.3, 0.4) is 0 Å². The Morgan fingerprint density at radius 2 is 1.82 bits per heavy atom. The molecule has 0 radical (unpaired) electrons. The molecule has 0 aliphatic heterocycles. The zero-order chi connectivity index (χ0) is 15.7. The van der Waals surface area contributed by atoms with Gasteiger partial charge >= 0.3 is 0 Å². The molecule has 0 aliphatic rings. The molecule has 4 nitrogen and oxygen atoms in total. The zero-order valence-corrected chi connectivity index (χ0v) is 12.4. The Bertz CT molecular complexity index is 809. The second-order valence-electron chi connectivity index (χ2n) is 5.25. The molecule has 5 heteroatoms. The predicted octanol–water partition coefficient (Wildman–Crippen LogP) is 3.18. The summed E-state index contributed by atoms with van der Waals surface area (Å²) >= 11 is 0. The Balaban J connectivity index is 2.21. The molecule has 0 aliphatic carbocycles. The van der Waals surface area contributed by atoms with Gasteiger partial charge in [0.2, 0.25) is 0 Å². The van der Waals surface area contributed by atoms with Gasteiger partial charge in [-0.3, -0.25) is 0 Å². The average molecular weight is 297 g/mol. The maximum absolute atomic E-state index is 13.2. The van der Waals surface area contributed by atoms with E-state index in [4.69, 9.17) is 0 Å². The summed E-state index contributed by atoms with van der Waals surface area (Å²) in [6, 6.07) is 12.1. The number of hydrogen-bond acceptors (Lipinski definition) is 3. The first kappa shape index (κ1) is 14.4. The van der Waals surface area contributed by atoms with Gasteiger partial charge in [-0.15, -0.1) is 5.10 Å². The smallest absolute Gasteiger partial charge is 0.123 e. The third-order valence-corrected chi connectivity index (χ3v) is 3.59. The van der Waals surface area contributed by atoms with Gasteiger partial charge in [-0.1, -0.05) is 22.9 Å². The van der Waals surface area contributed by atoms with Gasteiger partial charge in [0.05, 0.1) is 12.3 Å². The van der Waals surface area contributed by atoms with Crippen LogP contribution in [0.2, 0.25) is 0 Å². The van der Waals surface area contributed by atoms with E-state index < -0.39 is 0 Å². The van der Waals surface area contributed by atoms with Crippen molar-refractivity contribution in [2.75, 3.05) is 0 Å². The Hall–Kier alpha value is -2.53. The third kappa shape index (κ3) is 2.51. The minimum absolute atomic E-state index is 0.225. The summed E-state index contributed by atoms with van der Waals surface area (Å²) in [5.41, 5.74) is 5.00. The molecule has 0 spiro atoms. The molecule has 0 unspecified atom stereocenters. The molecule has 1 heterocycles. The van der Waals surface area contributed by atoms with Crippen LogP contribution in [0.5, 0.6) is 0 Å². The summed E-state index contributed by atoms with van der Waals surface area (Å²) in [7, 11) is 0. The molecule has 1 aromatic heterocycles. The fourth-order valence-electron chi connectivity index (χ4n) is 2.53. The molecule has 0 saturated heterocycles. The van der Waals surface area contributed by atoms with Gasteiger partial charge in [-0.2, -0.15) is 0 Å². The molecule has 0 amide bonds. The van der Waals surface area contributed by atoms with E-state index in [-0.39, 0.29) is 12.4 Å². The van der Waals surface area contributed by atoms with Gasteiger partial charge in [-0.25, -0.2) is 9.07 Å². The topological polar surface area (TPSA) is 50.9 Å².